The number of hydrogen-bond acceptors (Lipinski definition) is 5. The second-order valence-electron chi connectivity index (χ2n) is 5.46. The molecular weight excluding hydrogens is 396 g/mol. The number of hydrogen-bond donors (Lipinski definition) is 4. The van der Waals surface area contributed by atoms with Gasteiger partial charge in [-0.15, -0.1) is 0 Å². The molecule has 0 aliphatic carbocycles. The molecule has 0 atom stereocenters. The lowest BCUT2D eigenvalue weighted by Gasteiger charge is -1.79. The normalized spacial score (nSPS) is 7.20. The number of aliphatic carboxylic acids is 4. The van der Waals surface area contributed by atoms with Crippen molar-refractivity contribution in [1.82, 2.24) is 0 Å². The summed E-state index contributed by atoms with van der Waals surface area (Å²) in [5.74, 6) is -3.74. The Kier molecular flexibility index (Phi) is 42.0. The molecule has 0 spiro atoms. The fraction of sp³-hybridized carbons (Fsp3) is 0.429. The standard InChI is InChI=1S/4C4H6O2.C3H8.C2H6O/c4*1-3(2)4(5)6;2*1-3-2/h4*1H2,2H3,(H,5,6);3H2,1-2H3;1-2H3. The molecule has 0 aromatic carbocycles. The van der Waals surface area contributed by atoms with E-state index in [1.165, 1.54) is 34.1 Å². The highest BCUT2D eigenvalue weighted by Gasteiger charge is 1.91. The highest BCUT2D eigenvalue weighted by atomic mass is 16.4. The van der Waals surface area contributed by atoms with Crippen LogP contribution in [0.3, 0.4) is 0 Å². The Morgan fingerprint density at radius 2 is 0.600 bits per heavy atom. The molecule has 0 aromatic heterocycles. The number of methoxy groups -OCH3 is 1. The van der Waals surface area contributed by atoms with Gasteiger partial charge in [0.25, 0.3) is 0 Å². The van der Waals surface area contributed by atoms with Crippen LogP contribution in [0.15, 0.2) is 48.6 Å². The van der Waals surface area contributed by atoms with Gasteiger partial charge in [-0.05, 0) is 27.7 Å². The molecule has 0 aromatic rings. The molecule has 0 rings (SSSR count). The van der Waals surface area contributed by atoms with Crippen molar-refractivity contribution in [2.24, 2.45) is 0 Å². The van der Waals surface area contributed by atoms with Crippen LogP contribution in [0.5, 0.6) is 0 Å². The van der Waals surface area contributed by atoms with Gasteiger partial charge in [0.1, 0.15) is 0 Å². The molecule has 9 heteroatoms. The van der Waals surface area contributed by atoms with E-state index < -0.39 is 23.9 Å². The summed E-state index contributed by atoms with van der Waals surface area (Å²) in [4.78, 5) is 38.4. The van der Waals surface area contributed by atoms with Crippen molar-refractivity contribution in [3.8, 4) is 0 Å². The van der Waals surface area contributed by atoms with E-state index in [9.17, 15) is 19.2 Å². The molecule has 176 valence electrons. The Labute approximate surface area is 179 Å². The first kappa shape index (κ1) is 41.2. The summed E-state index contributed by atoms with van der Waals surface area (Å²) in [6, 6.07) is 0. The average molecular weight is 435 g/mol. The van der Waals surface area contributed by atoms with Crippen LogP contribution >= 0.6 is 0 Å². The molecule has 4 N–H and O–H groups in total. The van der Waals surface area contributed by atoms with E-state index in [-0.39, 0.29) is 22.3 Å². The molecule has 0 aliphatic heterocycles. The van der Waals surface area contributed by atoms with Crippen LogP contribution in [-0.4, -0.2) is 58.5 Å². The third-order valence-electron chi connectivity index (χ3n) is 1.46. The molecule has 30 heavy (non-hydrogen) atoms. The maximum atomic E-state index is 9.60. The predicted octanol–water partition coefficient (Wildman–Crippen LogP) is 4.27. The van der Waals surface area contributed by atoms with Crippen molar-refractivity contribution < 1.29 is 44.3 Å². The van der Waals surface area contributed by atoms with E-state index in [2.05, 4.69) is 44.9 Å². The molecule has 0 saturated heterocycles. The minimum absolute atomic E-state index is 0.176. The van der Waals surface area contributed by atoms with Gasteiger partial charge in [0.2, 0.25) is 0 Å². The van der Waals surface area contributed by atoms with Gasteiger partial charge in [0.05, 0.1) is 0 Å². The van der Waals surface area contributed by atoms with E-state index in [0.717, 1.165) is 0 Å². The third-order valence-corrected chi connectivity index (χ3v) is 1.46. The number of carboxylic acids is 4. The van der Waals surface area contributed by atoms with Gasteiger partial charge in [-0.3, -0.25) is 0 Å². The van der Waals surface area contributed by atoms with Crippen LogP contribution < -0.4 is 0 Å². The molecule has 0 saturated carbocycles. The smallest absolute Gasteiger partial charge is 0.330 e. The van der Waals surface area contributed by atoms with Crippen molar-refractivity contribution in [2.75, 3.05) is 14.2 Å². The van der Waals surface area contributed by atoms with Crippen LogP contribution in [-0.2, 0) is 23.9 Å². The lowest BCUT2D eigenvalue weighted by molar-refractivity contribution is -0.133. The predicted molar refractivity (Wildman–Crippen MR) is 119 cm³/mol. The summed E-state index contributed by atoms with van der Waals surface area (Å²) in [7, 11) is 3.25. The Balaban J connectivity index is -0.0000000589. The lowest BCUT2D eigenvalue weighted by atomic mass is 10.4. The Bertz CT molecular complexity index is 413. The lowest BCUT2D eigenvalue weighted by Crippen LogP contribution is -1.92. The number of rotatable bonds is 4. The van der Waals surface area contributed by atoms with Crippen molar-refractivity contribution in [3.63, 3.8) is 0 Å². The van der Waals surface area contributed by atoms with E-state index in [4.69, 9.17) is 20.4 Å². The first-order chi connectivity index (χ1) is 13.4. The van der Waals surface area contributed by atoms with E-state index >= 15 is 0 Å². The molecule has 9 nitrogen and oxygen atoms in total. The highest BCUT2D eigenvalue weighted by Crippen LogP contribution is 1.82. The third kappa shape index (κ3) is 85.7. The first-order valence-corrected chi connectivity index (χ1v) is 8.36. The maximum Gasteiger partial charge on any atom is 0.330 e. The fourth-order valence-electron chi connectivity index (χ4n) is 0. The molecule has 0 radical (unpaired) electrons. The van der Waals surface area contributed by atoms with E-state index in [0.29, 0.717) is 0 Å². The molecule has 0 fully saturated rings. The van der Waals surface area contributed by atoms with Gasteiger partial charge in [0, 0.05) is 36.5 Å². The number of carboxylic acid groups (broad SMARTS) is 4. The topological polar surface area (TPSA) is 158 Å². The van der Waals surface area contributed by atoms with Gasteiger partial charge in [0.15, 0.2) is 0 Å². The largest absolute Gasteiger partial charge is 0.478 e. The minimum atomic E-state index is -0.935. The molecule has 0 amide bonds. The number of carbonyl (C=O) groups is 4. The van der Waals surface area contributed by atoms with Crippen LogP contribution in [0.25, 0.3) is 0 Å². The summed E-state index contributed by atoms with van der Waals surface area (Å²) >= 11 is 0. The van der Waals surface area contributed by atoms with Gasteiger partial charge >= 0.3 is 23.9 Å². The van der Waals surface area contributed by atoms with Gasteiger partial charge in [-0.25, -0.2) is 19.2 Å². The molecule has 0 bridgehead atoms. The average Bonchev–Trinajstić information content (AvgIpc) is 2.57. The minimum Gasteiger partial charge on any atom is -0.478 e. The van der Waals surface area contributed by atoms with Crippen LogP contribution in [0, 0.1) is 0 Å². The Morgan fingerprint density at radius 1 is 0.567 bits per heavy atom. The van der Waals surface area contributed by atoms with E-state index in [1.54, 1.807) is 14.2 Å². The first-order valence-electron chi connectivity index (χ1n) is 8.36. The zero-order chi connectivity index (χ0) is 26.0. The van der Waals surface area contributed by atoms with Gasteiger partial charge < -0.3 is 25.2 Å². The molecule has 0 unspecified atom stereocenters. The Hall–Kier alpha value is -3.20. The van der Waals surface area contributed by atoms with Crippen molar-refractivity contribution in [1.29, 1.82) is 0 Å². The molecule has 0 aliphatic rings. The Morgan fingerprint density at radius 3 is 0.600 bits per heavy atom. The summed E-state index contributed by atoms with van der Waals surface area (Å²) in [5.41, 5.74) is 0.704. The molecular formula is C21H38O9. The zero-order valence-corrected chi connectivity index (χ0v) is 19.4. The van der Waals surface area contributed by atoms with Crippen molar-refractivity contribution in [3.05, 3.63) is 48.6 Å². The van der Waals surface area contributed by atoms with Crippen LogP contribution in [0.2, 0.25) is 0 Å². The van der Waals surface area contributed by atoms with Crippen LogP contribution in [0.1, 0.15) is 48.0 Å². The summed E-state index contributed by atoms with van der Waals surface area (Å²) in [6.45, 7) is 22.7. The maximum absolute atomic E-state index is 9.60. The summed E-state index contributed by atoms with van der Waals surface area (Å²) < 4.78 is 4.25. The SMILES string of the molecule is C=C(C)C(=O)O.C=C(C)C(=O)O.C=C(C)C(=O)O.C=C(C)C(=O)O.CCC.COC. The summed E-state index contributed by atoms with van der Waals surface area (Å²) in [5, 5.41) is 31.6. The van der Waals surface area contributed by atoms with E-state index in [1.807, 2.05) is 0 Å². The van der Waals surface area contributed by atoms with Crippen molar-refractivity contribution in [2.45, 2.75) is 48.0 Å². The zero-order valence-electron chi connectivity index (χ0n) is 19.4. The summed E-state index contributed by atoms with van der Waals surface area (Å²) in [6.07, 6.45) is 1.25. The van der Waals surface area contributed by atoms with Gasteiger partial charge in [-0.2, -0.15) is 0 Å². The highest BCUT2D eigenvalue weighted by molar-refractivity contribution is 5.85. The molecule has 0 heterocycles. The van der Waals surface area contributed by atoms with Crippen LogP contribution in [0.4, 0.5) is 0 Å². The second kappa shape index (κ2) is 30.5. The quantitative estimate of drug-likeness (QED) is 0.474. The second-order valence-corrected chi connectivity index (χ2v) is 5.46. The van der Waals surface area contributed by atoms with Gasteiger partial charge in [-0.1, -0.05) is 46.6 Å². The monoisotopic (exact) mass is 434 g/mol. The fourth-order valence-corrected chi connectivity index (χ4v) is 0. The number of ether oxygens (including phenoxy) is 1. The van der Waals surface area contributed by atoms with Crippen molar-refractivity contribution >= 4 is 23.9 Å².